The molecule has 9 heteroatoms. The Balaban J connectivity index is 1.22. The summed E-state index contributed by atoms with van der Waals surface area (Å²) in [7, 11) is 0. The van der Waals surface area contributed by atoms with Crippen molar-refractivity contribution in [2.24, 2.45) is 0 Å². The van der Waals surface area contributed by atoms with Crippen LogP contribution >= 0.6 is 11.6 Å². The van der Waals surface area contributed by atoms with E-state index in [9.17, 15) is 4.79 Å². The van der Waals surface area contributed by atoms with Crippen LogP contribution < -0.4 is 15.4 Å². The number of para-hydroxylation sites is 1. The van der Waals surface area contributed by atoms with Crippen LogP contribution in [0.4, 0.5) is 11.6 Å². The molecule has 3 heterocycles. The van der Waals surface area contributed by atoms with Gasteiger partial charge in [-0.3, -0.25) is 4.79 Å². The van der Waals surface area contributed by atoms with Crippen LogP contribution in [0.1, 0.15) is 39.0 Å². The van der Waals surface area contributed by atoms with Crippen molar-refractivity contribution in [1.29, 1.82) is 0 Å². The smallest absolute Gasteiger partial charge is 0.248 e. The summed E-state index contributed by atoms with van der Waals surface area (Å²) in [4.78, 5) is 28.7. The number of carbonyl (C=O) groups excluding carboxylic acids is 1. The van der Waals surface area contributed by atoms with Crippen molar-refractivity contribution in [3.05, 3.63) is 72.2 Å². The maximum absolute atomic E-state index is 11.8. The summed E-state index contributed by atoms with van der Waals surface area (Å²) in [5.74, 6) is 0.915. The number of aromatic amines is 1. The van der Waals surface area contributed by atoms with Gasteiger partial charge >= 0.3 is 0 Å². The summed E-state index contributed by atoms with van der Waals surface area (Å²) in [5, 5.41) is 7.84. The van der Waals surface area contributed by atoms with Crippen molar-refractivity contribution in [2.45, 2.75) is 51.2 Å². The molecule has 2 atom stereocenters. The number of carbonyl (C=O) groups is 1. The van der Waals surface area contributed by atoms with E-state index in [2.05, 4.69) is 25.6 Å². The van der Waals surface area contributed by atoms with Crippen LogP contribution in [-0.4, -0.2) is 38.0 Å². The van der Waals surface area contributed by atoms with Crippen LogP contribution in [-0.2, 0) is 4.79 Å². The van der Waals surface area contributed by atoms with E-state index >= 15 is 0 Å². The van der Waals surface area contributed by atoms with Gasteiger partial charge in [0.15, 0.2) is 0 Å². The van der Waals surface area contributed by atoms with Crippen molar-refractivity contribution in [1.82, 2.24) is 19.9 Å². The van der Waals surface area contributed by atoms with E-state index in [1.807, 2.05) is 43.5 Å². The Morgan fingerprint density at radius 2 is 2.08 bits per heavy atom. The minimum absolute atomic E-state index is 0.0204. The second-order valence-corrected chi connectivity index (χ2v) is 9.48. The molecule has 8 nitrogen and oxygen atoms in total. The number of ether oxygens (including phenoxy) is 1. The molecule has 1 aliphatic rings. The number of amides is 1. The summed E-state index contributed by atoms with van der Waals surface area (Å²) >= 11 is 6.49. The maximum atomic E-state index is 11.8. The first-order valence-electron chi connectivity index (χ1n) is 12.5. The number of nitrogens with one attached hydrogen (secondary N) is 3. The molecule has 3 N–H and O–H groups in total. The van der Waals surface area contributed by atoms with E-state index < -0.39 is 0 Å². The largest absolute Gasteiger partial charge is 0.474 e. The predicted octanol–water partition coefficient (Wildman–Crippen LogP) is 6.38. The Morgan fingerprint density at radius 1 is 1.19 bits per heavy atom. The standard InChI is InChI=1S/C28H29ClN6O2/c1-2-3-11-25(36)33-19-12-13-26(31-15-19)37-20-8-6-7-18(14-20)34-28-32-17-23(29)27(35-28)22-16-30-24-10-5-4-9-21(22)24/h3-5,9-13,15-18,20,30H,2,6-8,14H2,1H3,(H,33,36)(H,32,34,35)/b11-3+. The molecule has 1 amide bonds. The zero-order valence-electron chi connectivity index (χ0n) is 20.6. The Morgan fingerprint density at radius 3 is 2.92 bits per heavy atom. The second kappa shape index (κ2) is 11.4. The molecule has 0 radical (unpaired) electrons. The number of pyridine rings is 1. The van der Waals surface area contributed by atoms with Crippen molar-refractivity contribution >= 4 is 40.0 Å². The summed E-state index contributed by atoms with van der Waals surface area (Å²) in [6.07, 6.45) is 13.1. The number of fused-ring (bicyclic) bond motifs is 1. The first-order chi connectivity index (χ1) is 18.1. The highest BCUT2D eigenvalue weighted by molar-refractivity contribution is 6.33. The van der Waals surface area contributed by atoms with Gasteiger partial charge in [-0.2, -0.15) is 0 Å². The van der Waals surface area contributed by atoms with Gasteiger partial charge < -0.3 is 20.4 Å². The monoisotopic (exact) mass is 516 g/mol. The van der Waals surface area contributed by atoms with Crippen molar-refractivity contribution in [3.63, 3.8) is 0 Å². The molecule has 1 fully saturated rings. The first kappa shape index (κ1) is 24.8. The zero-order valence-corrected chi connectivity index (χ0v) is 21.3. The number of anilines is 2. The van der Waals surface area contributed by atoms with Crippen molar-refractivity contribution in [3.8, 4) is 17.1 Å². The maximum Gasteiger partial charge on any atom is 0.248 e. The Bertz CT molecular complexity index is 1400. The Labute approximate surface area is 220 Å². The van der Waals surface area contributed by atoms with Gasteiger partial charge in [0.25, 0.3) is 0 Å². The SMILES string of the molecule is CC/C=C/C(=O)Nc1ccc(OC2CCCC(Nc3ncc(Cl)c(-c4c[nH]c5ccccc45)n3)C2)nc1. The predicted molar refractivity (Wildman–Crippen MR) is 147 cm³/mol. The lowest BCUT2D eigenvalue weighted by molar-refractivity contribution is -0.111. The lowest BCUT2D eigenvalue weighted by Gasteiger charge is -2.30. The molecule has 1 aromatic carbocycles. The number of benzene rings is 1. The highest BCUT2D eigenvalue weighted by Gasteiger charge is 2.25. The number of hydrogen-bond acceptors (Lipinski definition) is 6. The van der Waals surface area contributed by atoms with Gasteiger partial charge in [0.1, 0.15) is 6.10 Å². The lowest BCUT2D eigenvalue weighted by Crippen LogP contribution is -2.33. The average Bonchev–Trinajstić information content (AvgIpc) is 3.34. The molecular weight excluding hydrogens is 488 g/mol. The van der Waals surface area contributed by atoms with Gasteiger partial charge in [0.05, 0.1) is 28.8 Å². The number of aromatic nitrogens is 4. The lowest BCUT2D eigenvalue weighted by atomic mass is 9.93. The Kier molecular flexibility index (Phi) is 7.65. The molecular formula is C28H29ClN6O2. The molecule has 0 saturated heterocycles. The number of allylic oxidation sites excluding steroid dienone is 1. The van der Waals surface area contributed by atoms with Crippen LogP contribution in [0, 0.1) is 0 Å². The molecule has 4 aromatic rings. The number of hydrogen-bond donors (Lipinski definition) is 3. The van der Waals surface area contributed by atoms with E-state index in [1.165, 1.54) is 6.08 Å². The number of rotatable bonds is 8. The number of nitrogens with zero attached hydrogens (tertiary/aromatic N) is 3. The molecule has 5 rings (SSSR count). The average molecular weight is 517 g/mol. The fraction of sp³-hybridized carbons (Fsp3) is 0.286. The number of H-pyrrole nitrogens is 1. The minimum Gasteiger partial charge on any atom is -0.474 e. The third-order valence-electron chi connectivity index (χ3n) is 6.34. The zero-order chi connectivity index (χ0) is 25.6. The fourth-order valence-electron chi connectivity index (χ4n) is 4.56. The van der Waals surface area contributed by atoms with Crippen molar-refractivity contribution in [2.75, 3.05) is 10.6 Å². The van der Waals surface area contributed by atoms with E-state index in [-0.39, 0.29) is 18.1 Å². The molecule has 0 spiro atoms. The van der Waals surface area contributed by atoms with Gasteiger partial charge in [0.2, 0.25) is 17.7 Å². The van der Waals surface area contributed by atoms with Crippen LogP contribution in [0.25, 0.3) is 22.2 Å². The topological polar surface area (TPSA) is 105 Å². The second-order valence-electron chi connectivity index (χ2n) is 9.07. The van der Waals surface area contributed by atoms with Crippen LogP contribution in [0.15, 0.2) is 67.1 Å². The van der Waals surface area contributed by atoms with Gasteiger partial charge in [0, 0.05) is 41.2 Å². The molecule has 1 saturated carbocycles. The van der Waals surface area contributed by atoms with Gasteiger partial charge in [-0.15, -0.1) is 0 Å². The third-order valence-corrected chi connectivity index (χ3v) is 6.62. The molecule has 0 bridgehead atoms. The highest BCUT2D eigenvalue weighted by Crippen LogP contribution is 2.33. The van der Waals surface area contributed by atoms with Gasteiger partial charge in [-0.25, -0.2) is 15.0 Å². The van der Waals surface area contributed by atoms with Crippen LogP contribution in [0.5, 0.6) is 5.88 Å². The molecule has 3 aromatic heterocycles. The van der Waals surface area contributed by atoms with E-state index in [0.717, 1.165) is 48.6 Å². The normalized spacial score (nSPS) is 17.7. The molecule has 2 unspecified atom stereocenters. The molecule has 0 aliphatic heterocycles. The third kappa shape index (κ3) is 6.09. The summed E-state index contributed by atoms with van der Waals surface area (Å²) in [6, 6.07) is 11.8. The summed E-state index contributed by atoms with van der Waals surface area (Å²) in [6.45, 7) is 1.98. The Hall–Kier alpha value is -3.91. The van der Waals surface area contributed by atoms with Gasteiger partial charge in [-0.1, -0.05) is 42.8 Å². The summed E-state index contributed by atoms with van der Waals surface area (Å²) < 4.78 is 6.15. The van der Waals surface area contributed by atoms with E-state index in [1.54, 1.807) is 24.5 Å². The van der Waals surface area contributed by atoms with E-state index in [4.69, 9.17) is 21.3 Å². The molecule has 37 heavy (non-hydrogen) atoms. The molecule has 1 aliphatic carbocycles. The van der Waals surface area contributed by atoms with Crippen LogP contribution in [0.3, 0.4) is 0 Å². The first-order valence-corrected chi connectivity index (χ1v) is 12.9. The van der Waals surface area contributed by atoms with E-state index in [0.29, 0.717) is 28.2 Å². The highest BCUT2D eigenvalue weighted by atomic mass is 35.5. The number of halogens is 1. The minimum atomic E-state index is -0.171. The summed E-state index contributed by atoms with van der Waals surface area (Å²) in [5.41, 5.74) is 3.31. The fourth-order valence-corrected chi connectivity index (χ4v) is 4.76. The van der Waals surface area contributed by atoms with Crippen LogP contribution in [0.2, 0.25) is 5.02 Å². The molecule has 190 valence electrons. The van der Waals surface area contributed by atoms with Gasteiger partial charge in [-0.05, 0) is 43.9 Å². The van der Waals surface area contributed by atoms with Crippen molar-refractivity contribution < 1.29 is 9.53 Å². The quantitative estimate of drug-likeness (QED) is 0.235.